The summed E-state index contributed by atoms with van der Waals surface area (Å²) in [5, 5.41) is 0.845. The molecule has 0 heterocycles. The fourth-order valence-electron chi connectivity index (χ4n) is 1.21. The predicted molar refractivity (Wildman–Crippen MR) is 60.6 cm³/mol. The van der Waals surface area contributed by atoms with Gasteiger partial charge in [-0.2, -0.15) is 0 Å². The molecule has 0 aliphatic rings. The number of nitrogens with two attached hydrogens (primary N) is 1. The molecule has 13 heavy (non-hydrogen) atoms. The van der Waals surface area contributed by atoms with Crippen LogP contribution in [0.3, 0.4) is 0 Å². The van der Waals surface area contributed by atoms with Gasteiger partial charge < -0.3 is 5.73 Å². The molecule has 0 radical (unpaired) electrons. The number of hydrogen-bond acceptors (Lipinski definition) is 2. The summed E-state index contributed by atoms with van der Waals surface area (Å²) in [7, 11) is 0. The molecule has 0 spiro atoms. The van der Waals surface area contributed by atoms with Gasteiger partial charge in [0, 0.05) is 4.90 Å². The van der Waals surface area contributed by atoms with Crippen LogP contribution < -0.4 is 5.73 Å². The van der Waals surface area contributed by atoms with Gasteiger partial charge in [-0.1, -0.05) is 30.7 Å². The van der Waals surface area contributed by atoms with E-state index in [2.05, 4.69) is 13.0 Å². The smallest absolute Gasteiger partial charge is 0.0544 e. The lowest BCUT2D eigenvalue weighted by molar-refractivity contribution is 0.945. The summed E-state index contributed by atoms with van der Waals surface area (Å²) in [6.07, 6.45) is 0.906. The molecular formula is C10H14ClNS. The van der Waals surface area contributed by atoms with Crippen LogP contribution in [0.5, 0.6) is 0 Å². The minimum Gasteiger partial charge on any atom is -0.330 e. The molecule has 1 aromatic rings. The van der Waals surface area contributed by atoms with E-state index in [4.69, 9.17) is 17.3 Å². The van der Waals surface area contributed by atoms with Crippen molar-refractivity contribution in [3.63, 3.8) is 0 Å². The van der Waals surface area contributed by atoms with Crippen LogP contribution in [0.1, 0.15) is 12.5 Å². The highest BCUT2D eigenvalue weighted by Crippen LogP contribution is 2.30. The van der Waals surface area contributed by atoms with Gasteiger partial charge in [0.15, 0.2) is 0 Å². The van der Waals surface area contributed by atoms with Crippen LogP contribution in [0.4, 0.5) is 0 Å². The van der Waals surface area contributed by atoms with Crippen molar-refractivity contribution in [1.82, 2.24) is 0 Å². The first-order chi connectivity index (χ1) is 6.29. The van der Waals surface area contributed by atoms with Crippen molar-refractivity contribution < 1.29 is 0 Å². The Hall–Kier alpha value is -0.180. The number of hydrogen-bond donors (Lipinski definition) is 1. The molecule has 0 atom stereocenters. The molecule has 1 rings (SSSR count). The van der Waals surface area contributed by atoms with Crippen molar-refractivity contribution in [1.29, 1.82) is 0 Å². The summed E-state index contributed by atoms with van der Waals surface area (Å²) >= 11 is 7.86. The second kappa shape index (κ2) is 5.53. The second-order valence-corrected chi connectivity index (χ2v) is 4.38. The van der Waals surface area contributed by atoms with E-state index in [1.54, 1.807) is 11.8 Å². The first kappa shape index (κ1) is 10.9. The molecule has 0 amide bonds. The van der Waals surface area contributed by atoms with Crippen LogP contribution >= 0.6 is 23.4 Å². The molecule has 0 saturated carbocycles. The minimum atomic E-state index is 0.678. The van der Waals surface area contributed by atoms with E-state index in [-0.39, 0.29) is 0 Å². The molecule has 0 fully saturated rings. The number of thioether (sulfide) groups is 1. The summed E-state index contributed by atoms with van der Waals surface area (Å²) in [5.41, 5.74) is 6.79. The third-order valence-corrected chi connectivity index (χ3v) is 3.24. The monoisotopic (exact) mass is 215 g/mol. The highest BCUT2D eigenvalue weighted by Gasteiger charge is 2.05. The third-order valence-electron chi connectivity index (χ3n) is 1.75. The van der Waals surface area contributed by atoms with Crippen LogP contribution in [-0.2, 0) is 6.42 Å². The molecule has 0 aliphatic heterocycles. The first-order valence-electron chi connectivity index (χ1n) is 4.39. The largest absolute Gasteiger partial charge is 0.330 e. The van der Waals surface area contributed by atoms with Crippen molar-refractivity contribution in [3.8, 4) is 0 Å². The fourth-order valence-corrected chi connectivity index (χ4v) is 2.42. The van der Waals surface area contributed by atoms with Gasteiger partial charge >= 0.3 is 0 Å². The summed E-state index contributed by atoms with van der Waals surface area (Å²) in [5.74, 6) is 1.04. The van der Waals surface area contributed by atoms with Gasteiger partial charge in [0.2, 0.25) is 0 Å². The molecule has 1 nitrogen and oxygen atoms in total. The number of benzene rings is 1. The van der Waals surface area contributed by atoms with E-state index in [1.165, 1.54) is 10.5 Å². The maximum Gasteiger partial charge on any atom is 0.0544 e. The molecule has 0 saturated heterocycles. The van der Waals surface area contributed by atoms with E-state index in [9.17, 15) is 0 Å². The SMILES string of the molecule is CCSc1c(Cl)cccc1CCN. The average molecular weight is 216 g/mol. The Morgan fingerprint density at radius 2 is 2.23 bits per heavy atom. The van der Waals surface area contributed by atoms with E-state index in [0.29, 0.717) is 6.54 Å². The Labute approximate surface area is 88.7 Å². The van der Waals surface area contributed by atoms with Crippen molar-refractivity contribution in [2.45, 2.75) is 18.2 Å². The number of halogens is 1. The van der Waals surface area contributed by atoms with Crippen LogP contribution in [0, 0.1) is 0 Å². The highest BCUT2D eigenvalue weighted by molar-refractivity contribution is 7.99. The lowest BCUT2D eigenvalue weighted by atomic mass is 10.1. The molecule has 0 unspecified atom stereocenters. The molecule has 0 bridgehead atoms. The number of rotatable bonds is 4. The summed E-state index contributed by atoms with van der Waals surface area (Å²) in [6.45, 7) is 2.80. The zero-order chi connectivity index (χ0) is 9.68. The van der Waals surface area contributed by atoms with Crippen molar-refractivity contribution in [2.24, 2.45) is 5.73 Å². The third kappa shape index (κ3) is 2.90. The first-order valence-corrected chi connectivity index (χ1v) is 5.76. The van der Waals surface area contributed by atoms with Crippen LogP contribution in [0.2, 0.25) is 5.02 Å². The lowest BCUT2D eigenvalue weighted by Crippen LogP contribution is -2.03. The maximum absolute atomic E-state index is 6.08. The van der Waals surface area contributed by atoms with Crippen molar-refractivity contribution in [3.05, 3.63) is 28.8 Å². The van der Waals surface area contributed by atoms with Crippen molar-refractivity contribution >= 4 is 23.4 Å². The summed E-state index contributed by atoms with van der Waals surface area (Å²) in [6, 6.07) is 6.00. The summed E-state index contributed by atoms with van der Waals surface area (Å²) < 4.78 is 0. The Bertz CT molecular complexity index is 276. The highest BCUT2D eigenvalue weighted by atomic mass is 35.5. The molecule has 0 aliphatic carbocycles. The van der Waals surface area contributed by atoms with Gasteiger partial charge in [0.1, 0.15) is 0 Å². The van der Waals surface area contributed by atoms with Crippen molar-refractivity contribution in [2.75, 3.05) is 12.3 Å². The molecule has 72 valence electrons. The zero-order valence-electron chi connectivity index (χ0n) is 7.72. The Balaban J connectivity index is 2.95. The van der Waals surface area contributed by atoms with Gasteiger partial charge in [-0.3, -0.25) is 0 Å². The molecular weight excluding hydrogens is 202 g/mol. The second-order valence-electron chi connectivity index (χ2n) is 2.70. The van der Waals surface area contributed by atoms with E-state index < -0.39 is 0 Å². The van der Waals surface area contributed by atoms with Crippen LogP contribution in [0.15, 0.2) is 23.1 Å². The zero-order valence-corrected chi connectivity index (χ0v) is 9.29. The fraction of sp³-hybridized carbons (Fsp3) is 0.400. The average Bonchev–Trinajstić information content (AvgIpc) is 2.11. The maximum atomic E-state index is 6.08. The molecule has 3 heteroatoms. The predicted octanol–water partition coefficient (Wildman–Crippen LogP) is 2.95. The Morgan fingerprint density at radius 1 is 1.46 bits per heavy atom. The Kier molecular flexibility index (Phi) is 4.64. The van der Waals surface area contributed by atoms with Gasteiger partial charge in [-0.15, -0.1) is 11.8 Å². The minimum absolute atomic E-state index is 0.678. The Morgan fingerprint density at radius 3 is 2.85 bits per heavy atom. The van der Waals surface area contributed by atoms with E-state index >= 15 is 0 Å². The van der Waals surface area contributed by atoms with Gasteiger partial charge in [0.05, 0.1) is 5.02 Å². The lowest BCUT2D eigenvalue weighted by Gasteiger charge is -2.08. The normalized spacial score (nSPS) is 10.4. The summed E-state index contributed by atoms with van der Waals surface area (Å²) in [4.78, 5) is 1.19. The van der Waals surface area contributed by atoms with Gasteiger partial charge in [-0.05, 0) is 30.3 Å². The van der Waals surface area contributed by atoms with Crippen LogP contribution in [0.25, 0.3) is 0 Å². The van der Waals surface area contributed by atoms with Gasteiger partial charge in [0.25, 0.3) is 0 Å². The quantitative estimate of drug-likeness (QED) is 0.782. The topological polar surface area (TPSA) is 26.0 Å². The molecule has 1 aromatic carbocycles. The van der Waals surface area contributed by atoms with Crippen LogP contribution in [-0.4, -0.2) is 12.3 Å². The van der Waals surface area contributed by atoms with Gasteiger partial charge in [-0.25, -0.2) is 0 Å². The van der Waals surface area contributed by atoms with E-state index in [0.717, 1.165) is 17.2 Å². The van der Waals surface area contributed by atoms with E-state index in [1.807, 2.05) is 12.1 Å². The molecule has 0 aromatic heterocycles. The molecule has 2 N–H and O–H groups in total. The standard InChI is InChI=1S/C10H14ClNS/c1-2-13-10-8(6-7-12)4-3-5-9(10)11/h3-5H,2,6-7,12H2,1H3.